The van der Waals surface area contributed by atoms with E-state index in [9.17, 15) is 9.90 Å². The summed E-state index contributed by atoms with van der Waals surface area (Å²) in [6, 6.07) is 3.22. The topological polar surface area (TPSA) is 51.5 Å². The lowest BCUT2D eigenvalue weighted by Gasteiger charge is -2.19. The predicted octanol–water partition coefficient (Wildman–Crippen LogP) is 6.47. The summed E-state index contributed by atoms with van der Waals surface area (Å²) in [5.74, 6) is -0.432. The van der Waals surface area contributed by atoms with Crippen molar-refractivity contribution in [2.24, 2.45) is 5.92 Å². The van der Waals surface area contributed by atoms with Crippen molar-refractivity contribution in [1.82, 2.24) is 4.57 Å². The highest BCUT2D eigenvalue weighted by Gasteiger charge is 2.26. The third-order valence-corrected chi connectivity index (χ3v) is 7.25. The summed E-state index contributed by atoms with van der Waals surface area (Å²) in [4.78, 5) is 12.3. The Morgan fingerprint density at radius 3 is 2.66 bits per heavy atom. The van der Waals surface area contributed by atoms with Crippen LogP contribution in [-0.4, -0.2) is 30.3 Å². The van der Waals surface area contributed by atoms with E-state index < -0.39 is 14.0 Å². The van der Waals surface area contributed by atoms with Gasteiger partial charge in [-0.25, -0.2) is 4.79 Å². The fraction of sp³-hybridized carbons (Fsp3) is 0.625. The Bertz CT molecular complexity index is 725. The Hall–Kier alpha value is -1.59. The highest BCUT2D eigenvalue weighted by molar-refractivity contribution is 6.76. The molecule has 1 aromatic heterocycles. The number of rotatable bonds is 7. The van der Waals surface area contributed by atoms with Gasteiger partial charge in [0, 0.05) is 26.3 Å². The van der Waals surface area contributed by atoms with Crippen molar-refractivity contribution in [2.45, 2.75) is 84.3 Å². The van der Waals surface area contributed by atoms with E-state index in [1.54, 1.807) is 0 Å². The number of allylic oxidation sites excluding steroid dienone is 4. The van der Waals surface area contributed by atoms with Gasteiger partial charge in [-0.05, 0) is 55.7 Å². The van der Waals surface area contributed by atoms with Crippen molar-refractivity contribution < 1.29 is 14.6 Å². The number of carboxylic acids is 1. The zero-order valence-electron chi connectivity index (χ0n) is 18.9. The van der Waals surface area contributed by atoms with Crippen molar-refractivity contribution in [2.75, 3.05) is 6.61 Å². The SMILES string of the molecule is CC(C)[C@H]1/C=C\C/C=C\CCCCc2cc1c(C(=O)O)n2COCC[Si](C)(C)C. The molecule has 0 saturated heterocycles. The molecule has 5 heteroatoms. The molecule has 0 saturated carbocycles. The van der Waals surface area contributed by atoms with E-state index in [4.69, 9.17) is 4.74 Å². The minimum absolute atomic E-state index is 0.0947. The van der Waals surface area contributed by atoms with Crippen molar-refractivity contribution >= 4 is 14.0 Å². The molecule has 0 aromatic carbocycles. The van der Waals surface area contributed by atoms with E-state index in [0.29, 0.717) is 24.9 Å². The molecule has 4 nitrogen and oxygen atoms in total. The first kappa shape index (κ1) is 23.7. The van der Waals surface area contributed by atoms with Crippen LogP contribution >= 0.6 is 0 Å². The largest absolute Gasteiger partial charge is 0.477 e. The predicted molar refractivity (Wildman–Crippen MR) is 124 cm³/mol. The molecule has 1 N–H and O–H groups in total. The van der Waals surface area contributed by atoms with Crippen LogP contribution in [0.2, 0.25) is 25.7 Å². The van der Waals surface area contributed by atoms with Gasteiger partial charge in [-0.3, -0.25) is 0 Å². The Labute approximate surface area is 177 Å². The number of carbonyl (C=O) groups is 1. The van der Waals surface area contributed by atoms with Gasteiger partial charge in [-0.15, -0.1) is 0 Å². The Kier molecular flexibility index (Phi) is 8.96. The maximum Gasteiger partial charge on any atom is 0.352 e. The van der Waals surface area contributed by atoms with E-state index in [2.05, 4.69) is 63.9 Å². The molecule has 162 valence electrons. The van der Waals surface area contributed by atoms with E-state index in [-0.39, 0.29) is 5.92 Å². The molecular formula is C24H39NO3Si. The second kappa shape index (κ2) is 11.0. The fourth-order valence-corrected chi connectivity index (χ4v) is 4.53. The number of hydrogen-bond donors (Lipinski definition) is 1. The molecule has 1 atom stereocenters. The Morgan fingerprint density at radius 2 is 2.00 bits per heavy atom. The van der Waals surface area contributed by atoms with Crippen LogP contribution in [0.3, 0.4) is 0 Å². The summed E-state index contributed by atoms with van der Waals surface area (Å²) in [7, 11) is -1.17. The molecule has 1 aliphatic rings. The lowest BCUT2D eigenvalue weighted by atomic mass is 9.87. The summed E-state index contributed by atoms with van der Waals surface area (Å²) in [6.07, 6.45) is 13.9. The average molecular weight is 418 g/mol. The molecule has 0 radical (unpaired) electrons. The quantitative estimate of drug-likeness (QED) is 0.314. The normalized spacial score (nSPS) is 20.6. The lowest BCUT2D eigenvalue weighted by Crippen LogP contribution is -2.23. The molecule has 0 aliphatic heterocycles. The number of fused-ring (bicyclic) bond motifs is 2. The third-order valence-electron chi connectivity index (χ3n) is 5.54. The van der Waals surface area contributed by atoms with Crippen molar-refractivity contribution in [1.29, 1.82) is 0 Å². The minimum Gasteiger partial charge on any atom is -0.477 e. The first-order chi connectivity index (χ1) is 13.7. The lowest BCUT2D eigenvalue weighted by molar-refractivity contribution is 0.0614. The molecular weight excluding hydrogens is 378 g/mol. The second-order valence-electron chi connectivity index (χ2n) is 9.67. The van der Waals surface area contributed by atoms with E-state index in [1.807, 2.05) is 4.57 Å². The number of aromatic nitrogens is 1. The van der Waals surface area contributed by atoms with E-state index in [0.717, 1.165) is 49.4 Å². The van der Waals surface area contributed by atoms with E-state index in [1.165, 1.54) is 0 Å². The Morgan fingerprint density at radius 1 is 1.24 bits per heavy atom. The van der Waals surface area contributed by atoms with Gasteiger partial charge in [0.05, 0.1) is 0 Å². The number of hydrogen-bond acceptors (Lipinski definition) is 2. The molecule has 1 aromatic rings. The van der Waals surface area contributed by atoms with Crippen molar-refractivity contribution in [3.8, 4) is 0 Å². The zero-order chi connectivity index (χ0) is 21.4. The average Bonchev–Trinajstić information content (AvgIpc) is 2.97. The van der Waals surface area contributed by atoms with Gasteiger partial charge in [0.1, 0.15) is 12.4 Å². The molecule has 2 rings (SSSR count). The molecule has 0 unspecified atom stereocenters. The zero-order valence-corrected chi connectivity index (χ0v) is 19.9. The van der Waals surface area contributed by atoms with Gasteiger partial charge in [0.25, 0.3) is 0 Å². The maximum absolute atomic E-state index is 12.3. The van der Waals surface area contributed by atoms with Crippen LogP contribution in [0.15, 0.2) is 30.4 Å². The number of ether oxygens (including phenoxy) is 1. The molecule has 2 bridgehead atoms. The molecule has 29 heavy (non-hydrogen) atoms. The summed E-state index contributed by atoms with van der Waals surface area (Å²) in [6.45, 7) is 12.3. The van der Waals surface area contributed by atoms with Gasteiger partial charge < -0.3 is 14.4 Å². The number of carboxylic acid groups (broad SMARTS) is 1. The summed E-state index contributed by atoms with van der Waals surface area (Å²) >= 11 is 0. The van der Waals surface area contributed by atoms with Crippen LogP contribution in [0.5, 0.6) is 0 Å². The summed E-state index contributed by atoms with van der Waals surface area (Å²) in [5, 5.41) is 10.1. The first-order valence-corrected chi connectivity index (χ1v) is 14.8. The van der Waals surface area contributed by atoms with Crippen molar-refractivity contribution in [3.63, 3.8) is 0 Å². The van der Waals surface area contributed by atoms with Crippen LogP contribution < -0.4 is 0 Å². The summed E-state index contributed by atoms with van der Waals surface area (Å²) < 4.78 is 7.91. The molecule has 0 amide bonds. The number of aromatic carboxylic acids is 1. The number of aryl methyl sites for hydroxylation is 1. The van der Waals surface area contributed by atoms with Crippen LogP contribution in [-0.2, 0) is 17.9 Å². The van der Waals surface area contributed by atoms with Crippen LogP contribution in [0.25, 0.3) is 0 Å². The van der Waals surface area contributed by atoms with Gasteiger partial charge in [-0.2, -0.15) is 0 Å². The fourth-order valence-electron chi connectivity index (χ4n) is 3.78. The van der Waals surface area contributed by atoms with Gasteiger partial charge in [0.2, 0.25) is 0 Å². The monoisotopic (exact) mass is 417 g/mol. The molecule has 0 fully saturated rings. The van der Waals surface area contributed by atoms with Gasteiger partial charge in [-0.1, -0.05) is 57.8 Å². The van der Waals surface area contributed by atoms with Gasteiger partial charge >= 0.3 is 5.97 Å². The minimum atomic E-state index is -1.17. The van der Waals surface area contributed by atoms with Crippen LogP contribution in [0.4, 0.5) is 0 Å². The van der Waals surface area contributed by atoms with Crippen molar-refractivity contribution in [3.05, 3.63) is 47.3 Å². The number of nitrogens with zero attached hydrogens (tertiary/aromatic N) is 1. The summed E-state index contributed by atoms with van der Waals surface area (Å²) in [5.41, 5.74) is 2.42. The van der Waals surface area contributed by atoms with Gasteiger partial charge in [0.15, 0.2) is 0 Å². The highest BCUT2D eigenvalue weighted by Crippen LogP contribution is 2.32. The molecule has 0 spiro atoms. The molecule has 1 aliphatic carbocycles. The van der Waals surface area contributed by atoms with Crippen LogP contribution in [0.1, 0.15) is 67.2 Å². The van der Waals surface area contributed by atoms with Crippen LogP contribution in [0, 0.1) is 5.92 Å². The standard InChI is InChI=1S/C24H39NO3Si/c1-19(2)21-14-12-10-8-6-7-9-11-13-20-17-22(21)23(24(26)27)25(20)18-28-15-16-29(3,4)5/h6,8,12,14,17,19,21H,7,9-11,13,15-16,18H2,1-5H3,(H,26,27)/b8-6-,14-12-/t21-/m1/s1. The highest BCUT2D eigenvalue weighted by atomic mass is 28.3. The van der Waals surface area contributed by atoms with E-state index >= 15 is 0 Å². The molecule has 1 heterocycles. The maximum atomic E-state index is 12.3. The third kappa shape index (κ3) is 7.30. The smallest absolute Gasteiger partial charge is 0.352 e. The first-order valence-electron chi connectivity index (χ1n) is 11.1. The second-order valence-corrected chi connectivity index (χ2v) is 15.3. The Balaban J connectivity index is 2.39.